The summed E-state index contributed by atoms with van der Waals surface area (Å²) >= 11 is 0. The minimum Gasteiger partial charge on any atom is -0.392 e. The van der Waals surface area contributed by atoms with Crippen molar-refractivity contribution in [3.8, 4) is 0 Å². The van der Waals surface area contributed by atoms with Crippen LogP contribution in [0, 0.1) is 25.5 Å². The van der Waals surface area contributed by atoms with Gasteiger partial charge in [0.05, 0.1) is 40.9 Å². The topological polar surface area (TPSA) is 143 Å². The quantitative estimate of drug-likeness (QED) is 0.0950. The van der Waals surface area contributed by atoms with Gasteiger partial charge < -0.3 is 20.8 Å². The summed E-state index contributed by atoms with van der Waals surface area (Å²) < 4.78 is 28.6. The van der Waals surface area contributed by atoms with Crippen LogP contribution in [-0.2, 0) is 6.54 Å². The first-order chi connectivity index (χ1) is 23.3. The van der Waals surface area contributed by atoms with Gasteiger partial charge in [-0.15, -0.1) is 0 Å². The number of benzene rings is 4. The van der Waals surface area contributed by atoms with Crippen molar-refractivity contribution < 1.29 is 33.4 Å². The summed E-state index contributed by atoms with van der Waals surface area (Å²) in [5.41, 5.74) is 5.64. The van der Waals surface area contributed by atoms with E-state index in [0.29, 0.717) is 19.6 Å². The monoisotopic (exact) mass is 671 g/mol. The summed E-state index contributed by atoms with van der Waals surface area (Å²) in [4.78, 5) is 41.6. The number of rotatable bonds is 13. The van der Waals surface area contributed by atoms with Gasteiger partial charge in [-0.25, -0.2) is 14.2 Å². The second-order valence-corrected chi connectivity index (χ2v) is 11.9. The number of hydrazone groups is 1. The Labute approximate surface area is 283 Å². The maximum atomic E-state index is 14.4. The summed E-state index contributed by atoms with van der Waals surface area (Å²) in [6.45, 7) is 8.17. The highest BCUT2D eigenvalue weighted by atomic mass is 19.1. The average Bonchev–Trinajstić information content (AvgIpc) is 3.03. The van der Waals surface area contributed by atoms with Crippen molar-refractivity contribution in [1.29, 1.82) is 0 Å². The summed E-state index contributed by atoms with van der Waals surface area (Å²) in [6, 6.07) is 18.7. The number of anilines is 2. The molecule has 0 heterocycles. The van der Waals surface area contributed by atoms with Crippen LogP contribution in [0.3, 0.4) is 0 Å². The number of carbonyl (C=O) groups excluding carboxylic acids is 3. The van der Waals surface area contributed by atoms with E-state index in [1.165, 1.54) is 18.3 Å². The number of amides is 3. The van der Waals surface area contributed by atoms with Crippen molar-refractivity contribution in [2.24, 2.45) is 5.10 Å². The largest absolute Gasteiger partial charge is 0.392 e. The van der Waals surface area contributed by atoms with Crippen LogP contribution in [0.1, 0.15) is 67.2 Å². The number of aliphatic hydroxyl groups is 2. The first kappa shape index (κ1) is 36.5. The van der Waals surface area contributed by atoms with Crippen LogP contribution in [0.4, 0.5) is 20.2 Å². The van der Waals surface area contributed by atoms with Crippen LogP contribution in [0.25, 0.3) is 0 Å². The highest BCUT2D eigenvalue weighted by Crippen LogP contribution is 2.23. The molecule has 2 atom stereocenters. The molecule has 0 aliphatic carbocycles. The summed E-state index contributed by atoms with van der Waals surface area (Å²) in [7, 11) is 0. The number of nitrogens with zero attached hydrogens (tertiary/aromatic N) is 2. The van der Waals surface area contributed by atoms with Crippen molar-refractivity contribution in [1.82, 2.24) is 10.3 Å². The summed E-state index contributed by atoms with van der Waals surface area (Å²) in [5, 5.41) is 28.8. The first-order valence-corrected chi connectivity index (χ1v) is 15.6. The van der Waals surface area contributed by atoms with Crippen LogP contribution in [0.2, 0.25) is 0 Å². The minimum absolute atomic E-state index is 0.00903. The molecule has 10 nitrogen and oxygen atoms in total. The molecule has 0 aliphatic rings. The minimum atomic E-state index is -0.866. The number of halogens is 2. The number of aliphatic hydroxyl groups excluding tert-OH is 2. The van der Waals surface area contributed by atoms with Gasteiger partial charge in [0.2, 0.25) is 0 Å². The van der Waals surface area contributed by atoms with Gasteiger partial charge in [-0.3, -0.25) is 19.3 Å². The molecule has 12 heteroatoms. The molecule has 5 N–H and O–H groups in total. The Morgan fingerprint density at radius 1 is 0.755 bits per heavy atom. The fraction of sp³-hybridized carbons (Fsp3) is 0.243. The molecule has 0 bridgehead atoms. The number of carbonyl (C=O) groups is 3. The number of hydrogen-bond donors (Lipinski definition) is 5. The average molecular weight is 672 g/mol. The van der Waals surface area contributed by atoms with Crippen molar-refractivity contribution >= 4 is 35.3 Å². The van der Waals surface area contributed by atoms with Crippen molar-refractivity contribution in [2.45, 2.75) is 46.4 Å². The third kappa shape index (κ3) is 10.6. The predicted molar refractivity (Wildman–Crippen MR) is 185 cm³/mol. The second kappa shape index (κ2) is 16.7. The van der Waals surface area contributed by atoms with E-state index < -0.39 is 41.6 Å². The Kier molecular flexibility index (Phi) is 12.4. The van der Waals surface area contributed by atoms with Crippen LogP contribution in [0.15, 0.2) is 84.0 Å². The first-order valence-electron chi connectivity index (χ1n) is 15.6. The fourth-order valence-corrected chi connectivity index (χ4v) is 5.10. The Morgan fingerprint density at radius 2 is 1.35 bits per heavy atom. The lowest BCUT2D eigenvalue weighted by atomic mass is 10.1. The van der Waals surface area contributed by atoms with Crippen molar-refractivity contribution in [2.75, 3.05) is 23.7 Å². The maximum Gasteiger partial charge on any atom is 0.273 e. The third-order valence-electron chi connectivity index (χ3n) is 7.50. The summed E-state index contributed by atoms with van der Waals surface area (Å²) in [6.07, 6.45) is 0.173. The van der Waals surface area contributed by atoms with Gasteiger partial charge in [0.1, 0.15) is 11.6 Å². The smallest absolute Gasteiger partial charge is 0.273 e. The van der Waals surface area contributed by atoms with E-state index >= 15 is 0 Å². The molecule has 0 spiro atoms. The van der Waals surface area contributed by atoms with Gasteiger partial charge in [0.25, 0.3) is 17.7 Å². The van der Waals surface area contributed by atoms with Gasteiger partial charge >= 0.3 is 0 Å². The SMILES string of the molecule is Cc1ccc(C=NNC(=O)c2cc(F)ccc2NC(=O)c2cc(F)ccc2NC(=O)c2cccc(CN(CC(C)O)CC(C)O)c2)cc1C. The lowest BCUT2D eigenvalue weighted by molar-refractivity contribution is 0.0793. The molecular formula is C37H39F2N5O5. The van der Waals surface area contributed by atoms with E-state index in [2.05, 4.69) is 21.2 Å². The second-order valence-electron chi connectivity index (χ2n) is 11.9. The third-order valence-corrected chi connectivity index (χ3v) is 7.50. The van der Waals surface area contributed by atoms with E-state index in [-0.39, 0.29) is 28.1 Å². The molecule has 49 heavy (non-hydrogen) atoms. The van der Waals surface area contributed by atoms with Gasteiger partial charge in [0.15, 0.2) is 0 Å². The zero-order valence-corrected chi connectivity index (χ0v) is 27.6. The zero-order chi connectivity index (χ0) is 35.7. The number of aryl methyl sites for hydroxylation is 2. The van der Waals surface area contributed by atoms with Crippen molar-refractivity contribution in [3.05, 3.63) is 129 Å². The normalized spacial score (nSPS) is 12.5. The molecule has 0 aliphatic heterocycles. The van der Waals surface area contributed by atoms with Crippen molar-refractivity contribution in [3.63, 3.8) is 0 Å². The predicted octanol–water partition coefficient (Wildman–Crippen LogP) is 5.41. The molecule has 2 unspecified atom stereocenters. The molecule has 0 aromatic heterocycles. The summed E-state index contributed by atoms with van der Waals surface area (Å²) in [5.74, 6) is -3.73. The fourth-order valence-electron chi connectivity index (χ4n) is 5.10. The van der Waals surface area contributed by atoms with Crippen LogP contribution in [-0.4, -0.2) is 64.3 Å². The van der Waals surface area contributed by atoms with E-state index in [9.17, 15) is 33.4 Å². The van der Waals surface area contributed by atoms with E-state index in [1.807, 2.05) is 36.9 Å². The van der Waals surface area contributed by atoms with E-state index in [0.717, 1.165) is 46.5 Å². The number of nitrogens with one attached hydrogen (secondary N) is 3. The molecule has 0 fully saturated rings. The maximum absolute atomic E-state index is 14.4. The molecule has 4 aromatic rings. The van der Waals surface area contributed by atoms with Gasteiger partial charge in [0, 0.05) is 25.2 Å². The van der Waals surface area contributed by atoms with Crippen LogP contribution >= 0.6 is 0 Å². The van der Waals surface area contributed by atoms with Crippen LogP contribution < -0.4 is 16.1 Å². The molecule has 4 rings (SSSR count). The number of hydrogen-bond acceptors (Lipinski definition) is 7. The molecule has 0 saturated heterocycles. The standard InChI is InChI=1S/C37H39F2N5O5/c1-22-8-9-26(14-23(22)2)18-40-43-37(49)32-17-30(39)11-13-34(32)42-36(48)31-16-29(38)10-12-33(31)41-35(47)28-7-5-6-27(15-28)21-44(19-24(3)45)20-25(4)46/h5-18,24-25,45-46H,19-21H2,1-4H3,(H,41,47)(H,42,48)(H,43,49). The van der Waals surface area contributed by atoms with Gasteiger partial charge in [-0.05, 0) is 98.5 Å². The highest BCUT2D eigenvalue weighted by molar-refractivity contribution is 6.14. The Hall–Kier alpha value is -5.30. The van der Waals surface area contributed by atoms with Crippen LogP contribution in [0.5, 0.6) is 0 Å². The zero-order valence-electron chi connectivity index (χ0n) is 27.6. The lowest BCUT2D eigenvalue weighted by Gasteiger charge is -2.25. The molecule has 0 saturated carbocycles. The molecule has 256 valence electrons. The molecule has 3 amide bonds. The molecular weight excluding hydrogens is 632 g/mol. The highest BCUT2D eigenvalue weighted by Gasteiger charge is 2.20. The molecule has 0 radical (unpaired) electrons. The van der Waals surface area contributed by atoms with E-state index in [1.54, 1.807) is 38.1 Å². The Balaban J connectivity index is 1.51. The lowest BCUT2D eigenvalue weighted by Crippen LogP contribution is -2.35. The molecule has 4 aromatic carbocycles. The van der Waals surface area contributed by atoms with E-state index in [4.69, 9.17) is 0 Å². The van der Waals surface area contributed by atoms with Gasteiger partial charge in [-0.2, -0.15) is 5.10 Å². The Morgan fingerprint density at radius 3 is 1.94 bits per heavy atom. The van der Waals surface area contributed by atoms with Gasteiger partial charge in [-0.1, -0.05) is 30.3 Å². The Bertz CT molecular complexity index is 1850.